The summed E-state index contributed by atoms with van der Waals surface area (Å²) in [5, 5.41) is 2.99. The van der Waals surface area contributed by atoms with E-state index >= 15 is 0 Å². The third-order valence-corrected chi connectivity index (χ3v) is 4.96. The fourth-order valence-corrected chi connectivity index (χ4v) is 3.25. The molecule has 3 nitrogen and oxygen atoms in total. The lowest BCUT2D eigenvalue weighted by molar-refractivity contribution is -0.128. The van der Waals surface area contributed by atoms with Gasteiger partial charge in [-0.1, -0.05) is 49.4 Å². The number of aryl methyl sites for hydroxylation is 2. The van der Waals surface area contributed by atoms with Crippen LogP contribution in [0, 0.1) is 13.8 Å². The van der Waals surface area contributed by atoms with Gasteiger partial charge in [-0.2, -0.15) is 11.8 Å². The summed E-state index contributed by atoms with van der Waals surface area (Å²) in [5.41, 5.74) is 3.49. The van der Waals surface area contributed by atoms with E-state index in [9.17, 15) is 4.79 Å². The van der Waals surface area contributed by atoms with Gasteiger partial charge in [-0.05, 0) is 43.0 Å². The van der Waals surface area contributed by atoms with Crippen molar-refractivity contribution in [1.29, 1.82) is 0 Å². The molecule has 25 heavy (non-hydrogen) atoms. The zero-order valence-electron chi connectivity index (χ0n) is 15.2. The van der Waals surface area contributed by atoms with Crippen LogP contribution in [0.25, 0.3) is 0 Å². The highest BCUT2D eigenvalue weighted by atomic mass is 32.2. The summed E-state index contributed by atoms with van der Waals surface area (Å²) in [6, 6.07) is 16.4. The second kappa shape index (κ2) is 10.1. The van der Waals surface area contributed by atoms with E-state index in [-0.39, 0.29) is 5.91 Å². The average molecular weight is 358 g/mol. The molecule has 0 aliphatic heterocycles. The highest BCUT2D eigenvalue weighted by molar-refractivity contribution is 7.98. The molecule has 2 rings (SSSR count). The van der Waals surface area contributed by atoms with E-state index in [2.05, 4.69) is 17.4 Å². The van der Waals surface area contributed by atoms with Crippen molar-refractivity contribution in [2.45, 2.75) is 39.0 Å². The van der Waals surface area contributed by atoms with Crippen LogP contribution in [0.4, 0.5) is 0 Å². The Morgan fingerprint density at radius 1 is 1.16 bits per heavy atom. The van der Waals surface area contributed by atoms with Gasteiger partial charge in [-0.3, -0.25) is 4.79 Å². The fraction of sp³-hybridized carbons (Fsp3) is 0.381. The second-order valence-corrected chi connectivity index (χ2v) is 7.22. The molecule has 0 radical (unpaired) electrons. The number of thioether (sulfide) groups is 1. The van der Waals surface area contributed by atoms with E-state index in [1.54, 1.807) is 0 Å². The second-order valence-electron chi connectivity index (χ2n) is 6.11. The molecule has 0 fully saturated rings. The predicted octanol–water partition coefficient (Wildman–Crippen LogP) is 4.51. The molecule has 1 amide bonds. The average Bonchev–Trinajstić information content (AvgIpc) is 2.62. The molecule has 134 valence electrons. The summed E-state index contributed by atoms with van der Waals surface area (Å²) in [4.78, 5) is 12.4. The minimum Gasteiger partial charge on any atom is -0.480 e. The number of hydrogen-bond acceptors (Lipinski definition) is 3. The molecule has 0 aliphatic carbocycles. The van der Waals surface area contributed by atoms with E-state index in [1.807, 2.05) is 68.9 Å². The van der Waals surface area contributed by atoms with Crippen LogP contribution in [0.15, 0.2) is 48.5 Å². The molecular weight excluding hydrogens is 330 g/mol. The van der Waals surface area contributed by atoms with Crippen LogP contribution in [0.2, 0.25) is 0 Å². The number of rotatable bonds is 9. The molecule has 0 aromatic heterocycles. The van der Waals surface area contributed by atoms with Crippen molar-refractivity contribution in [2.75, 3.05) is 12.3 Å². The topological polar surface area (TPSA) is 38.3 Å². The van der Waals surface area contributed by atoms with E-state index in [1.165, 1.54) is 5.56 Å². The molecule has 1 atom stereocenters. The van der Waals surface area contributed by atoms with Gasteiger partial charge in [-0.25, -0.2) is 0 Å². The van der Waals surface area contributed by atoms with Crippen molar-refractivity contribution in [2.24, 2.45) is 0 Å². The number of benzene rings is 2. The summed E-state index contributed by atoms with van der Waals surface area (Å²) in [5.74, 6) is 2.61. The monoisotopic (exact) mass is 357 g/mol. The van der Waals surface area contributed by atoms with E-state index in [4.69, 9.17) is 4.74 Å². The minimum atomic E-state index is -0.445. The molecule has 0 spiro atoms. The van der Waals surface area contributed by atoms with Crippen LogP contribution in [0.1, 0.15) is 30.0 Å². The Hall–Kier alpha value is -1.94. The summed E-state index contributed by atoms with van der Waals surface area (Å²) in [6.07, 6.45) is 0.204. The van der Waals surface area contributed by atoms with Crippen molar-refractivity contribution >= 4 is 17.7 Å². The lowest BCUT2D eigenvalue weighted by Gasteiger charge is -2.19. The van der Waals surface area contributed by atoms with Crippen LogP contribution >= 0.6 is 11.8 Å². The zero-order valence-corrected chi connectivity index (χ0v) is 16.1. The molecule has 0 saturated carbocycles. The Balaban J connectivity index is 1.75. The van der Waals surface area contributed by atoms with Gasteiger partial charge in [-0.15, -0.1) is 0 Å². The fourth-order valence-electron chi connectivity index (χ4n) is 2.43. The molecule has 0 unspecified atom stereocenters. The van der Waals surface area contributed by atoms with Gasteiger partial charge >= 0.3 is 0 Å². The van der Waals surface area contributed by atoms with Crippen molar-refractivity contribution in [3.8, 4) is 5.75 Å². The van der Waals surface area contributed by atoms with Crippen LogP contribution in [-0.2, 0) is 10.5 Å². The summed E-state index contributed by atoms with van der Waals surface area (Å²) < 4.78 is 5.94. The Morgan fingerprint density at radius 2 is 1.92 bits per heavy atom. The van der Waals surface area contributed by atoms with Crippen LogP contribution in [0.3, 0.4) is 0 Å². The van der Waals surface area contributed by atoms with E-state index in [0.29, 0.717) is 13.0 Å². The maximum atomic E-state index is 12.4. The quantitative estimate of drug-likeness (QED) is 0.671. The normalized spacial score (nSPS) is 11.8. The van der Waals surface area contributed by atoms with Gasteiger partial charge < -0.3 is 10.1 Å². The third-order valence-electron chi connectivity index (χ3n) is 3.93. The van der Waals surface area contributed by atoms with Gasteiger partial charge in [0, 0.05) is 18.1 Å². The molecule has 4 heteroatoms. The maximum Gasteiger partial charge on any atom is 0.261 e. The Bertz CT molecular complexity index is 673. The molecule has 0 bridgehead atoms. The van der Waals surface area contributed by atoms with Crippen molar-refractivity contribution in [3.63, 3.8) is 0 Å². The number of nitrogens with one attached hydrogen (secondary N) is 1. The first-order chi connectivity index (χ1) is 12.1. The van der Waals surface area contributed by atoms with E-state index in [0.717, 1.165) is 28.4 Å². The van der Waals surface area contributed by atoms with Gasteiger partial charge in [0.05, 0.1) is 0 Å². The highest BCUT2D eigenvalue weighted by Crippen LogP contribution is 2.21. The number of ether oxygens (including phenoxy) is 1. The number of carbonyl (C=O) groups is 1. The standard InChI is InChI=1S/C21H27NO2S/c1-4-19(24-20-14-16(2)10-11-17(20)3)21(23)22-12-13-25-15-18-8-6-5-7-9-18/h5-11,14,19H,4,12-13,15H2,1-3H3,(H,22,23)/t19-/m0/s1. The number of carbonyl (C=O) groups excluding carboxylic acids is 1. The minimum absolute atomic E-state index is 0.0382. The number of hydrogen-bond donors (Lipinski definition) is 1. The SMILES string of the molecule is CC[C@H](Oc1cc(C)ccc1C)C(=O)NCCSCc1ccccc1. The molecule has 0 saturated heterocycles. The lowest BCUT2D eigenvalue weighted by atomic mass is 10.1. The Kier molecular flexibility index (Phi) is 7.86. The maximum absolute atomic E-state index is 12.4. The summed E-state index contributed by atoms with van der Waals surface area (Å²) in [6.45, 7) is 6.65. The first-order valence-corrected chi connectivity index (χ1v) is 9.89. The van der Waals surface area contributed by atoms with Crippen molar-refractivity contribution in [3.05, 3.63) is 65.2 Å². The number of amides is 1. The molecule has 2 aromatic carbocycles. The molecule has 0 aliphatic rings. The van der Waals surface area contributed by atoms with Gasteiger partial charge in [0.25, 0.3) is 5.91 Å². The zero-order chi connectivity index (χ0) is 18.1. The van der Waals surface area contributed by atoms with Crippen LogP contribution in [0.5, 0.6) is 5.75 Å². The van der Waals surface area contributed by atoms with Gasteiger partial charge in [0.1, 0.15) is 5.75 Å². The largest absolute Gasteiger partial charge is 0.480 e. The Labute approximate surface area is 155 Å². The van der Waals surface area contributed by atoms with Crippen molar-refractivity contribution in [1.82, 2.24) is 5.32 Å². The lowest BCUT2D eigenvalue weighted by Crippen LogP contribution is -2.39. The van der Waals surface area contributed by atoms with Gasteiger partial charge in [0.2, 0.25) is 0 Å². The third kappa shape index (κ3) is 6.46. The molecule has 1 N–H and O–H groups in total. The van der Waals surface area contributed by atoms with Crippen molar-refractivity contribution < 1.29 is 9.53 Å². The summed E-state index contributed by atoms with van der Waals surface area (Å²) in [7, 11) is 0. The molecule has 0 heterocycles. The first-order valence-electron chi connectivity index (χ1n) is 8.73. The summed E-state index contributed by atoms with van der Waals surface area (Å²) >= 11 is 1.82. The molecule has 2 aromatic rings. The smallest absolute Gasteiger partial charge is 0.261 e. The van der Waals surface area contributed by atoms with Crippen LogP contribution < -0.4 is 10.1 Å². The first kappa shape index (κ1) is 19.4. The highest BCUT2D eigenvalue weighted by Gasteiger charge is 2.18. The van der Waals surface area contributed by atoms with E-state index < -0.39 is 6.10 Å². The Morgan fingerprint density at radius 3 is 2.64 bits per heavy atom. The van der Waals surface area contributed by atoms with Gasteiger partial charge in [0.15, 0.2) is 6.10 Å². The predicted molar refractivity (Wildman–Crippen MR) is 106 cm³/mol. The van der Waals surface area contributed by atoms with Crippen LogP contribution in [-0.4, -0.2) is 24.3 Å². The molecular formula is C21H27NO2S.